The van der Waals surface area contributed by atoms with Gasteiger partial charge in [0.05, 0.1) is 5.52 Å². The molecule has 2 aromatic carbocycles. The van der Waals surface area contributed by atoms with Gasteiger partial charge in [0.15, 0.2) is 5.75 Å². The van der Waals surface area contributed by atoms with E-state index >= 15 is 0 Å². The quantitative estimate of drug-likeness (QED) is 0.432. The predicted molar refractivity (Wildman–Crippen MR) is 98.7 cm³/mol. The van der Waals surface area contributed by atoms with Crippen molar-refractivity contribution >= 4 is 34.9 Å². The summed E-state index contributed by atoms with van der Waals surface area (Å²) in [6, 6.07) is 10.0. The summed E-state index contributed by atoms with van der Waals surface area (Å²) < 4.78 is 18.3. The Balaban J connectivity index is 1.52. The number of fused-ring (bicyclic) bond motifs is 1. The van der Waals surface area contributed by atoms with Gasteiger partial charge < -0.3 is 14.7 Å². The Bertz CT molecular complexity index is 1140. The van der Waals surface area contributed by atoms with Crippen molar-refractivity contribution in [2.45, 2.75) is 0 Å². The van der Waals surface area contributed by atoms with Gasteiger partial charge in [0.1, 0.15) is 11.3 Å². The van der Waals surface area contributed by atoms with E-state index in [2.05, 4.69) is 30.6 Å². The standard InChI is InChI=1S/C18H13FN6O3/c19-11-6-4-10(5-7-11)15(26)24-17-22-12-2-1-3-13(14(12)23-17)28-18(27)25-16-20-8-9-21-16/h1-9H,(H2,20,21,25,27)(H2,22,23,24,26). The second kappa shape index (κ2) is 7.19. The molecule has 0 unspecified atom stereocenters. The van der Waals surface area contributed by atoms with Crippen LogP contribution in [0.1, 0.15) is 10.4 Å². The third-order valence-electron chi connectivity index (χ3n) is 3.74. The summed E-state index contributed by atoms with van der Waals surface area (Å²) in [5.74, 6) is -0.274. The molecule has 0 atom stereocenters. The highest BCUT2D eigenvalue weighted by molar-refractivity contribution is 6.04. The van der Waals surface area contributed by atoms with E-state index in [4.69, 9.17) is 4.74 Å². The fourth-order valence-corrected chi connectivity index (χ4v) is 2.49. The third-order valence-corrected chi connectivity index (χ3v) is 3.74. The Morgan fingerprint density at radius 3 is 2.61 bits per heavy atom. The van der Waals surface area contributed by atoms with Crippen LogP contribution < -0.4 is 15.4 Å². The first-order valence-corrected chi connectivity index (χ1v) is 8.12. The van der Waals surface area contributed by atoms with Crippen LogP contribution >= 0.6 is 0 Å². The molecule has 0 aliphatic carbocycles. The number of hydrogen-bond acceptors (Lipinski definition) is 5. The van der Waals surface area contributed by atoms with Crippen molar-refractivity contribution < 1.29 is 18.7 Å². The molecular formula is C18H13FN6O3. The number of aromatic nitrogens is 4. The van der Waals surface area contributed by atoms with Crippen molar-refractivity contribution in [3.05, 3.63) is 66.2 Å². The van der Waals surface area contributed by atoms with Crippen molar-refractivity contribution in [1.29, 1.82) is 0 Å². The van der Waals surface area contributed by atoms with Crippen LogP contribution in [0.15, 0.2) is 54.9 Å². The highest BCUT2D eigenvalue weighted by atomic mass is 19.1. The molecule has 0 bridgehead atoms. The Morgan fingerprint density at radius 2 is 1.86 bits per heavy atom. The van der Waals surface area contributed by atoms with E-state index in [9.17, 15) is 14.0 Å². The van der Waals surface area contributed by atoms with Crippen molar-refractivity contribution in [1.82, 2.24) is 19.9 Å². The van der Waals surface area contributed by atoms with Crippen LogP contribution in [0.25, 0.3) is 11.0 Å². The molecule has 0 saturated heterocycles. The normalized spacial score (nSPS) is 10.6. The van der Waals surface area contributed by atoms with E-state index in [0.29, 0.717) is 11.0 Å². The minimum absolute atomic E-state index is 0.159. The molecule has 0 radical (unpaired) electrons. The van der Waals surface area contributed by atoms with Crippen LogP contribution in [0.2, 0.25) is 0 Å². The van der Waals surface area contributed by atoms with E-state index in [1.54, 1.807) is 24.4 Å². The molecule has 4 aromatic rings. The van der Waals surface area contributed by atoms with E-state index in [1.165, 1.54) is 30.5 Å². The zero-order valence-electron chi connectivity index (χ0n) is 14.2. The molecule has 28 heavy (non-hydrogen) atoms. The number of carbonyl (C=O) groups excluding carboxylic acids is 2. The van der Waals surface area contributed by atoms with Gasteiger partial charge in [-0.15, -0.1) is 0 Å². The molecule has 2 aromatic heterocycles. The second-order valence-electron chi connectivity index (χ2n) is 5.65. The van der Waals surface area contributed by atoms with Crippen LogP contribution in [0.5, 0.6) is 5.75 Å². The van der Waals surface area contributed by atoms with Gasteiger partial charge >= 0.3 is 6.09 Å². The fraction of sp³-hybridized carbons (Fsp3) is 0. The summed E-state index contributed by atoms with van der Waals surface area (Å²) in [6.45, 7) is 0. The van der Waals surface area contributed by atoms with Crippen LogP contribution in [0.4, 0.5) is 21.1 Å². The van der Waals surface area contributed by atoms with E-state index in [-0.39, 0.29) is 23.2 Å². The van der Waals surface area contributed by atoms with Crippen molar-refractivity contribution in [2.24, 2.45) is 0 Å². The number of nitrogens with zero attached hydrogens (tertiary/aromatic N) is 2. The van der Waals surface area contributed by atoms with Gasteiger partial charge in [-0.25, -0.2) is 19.2 Å². The lowest BCUT2D eigenvalue weighted by atomic mass is 10.2. The molecule has 0 fully saturated rings. The molecule has 2 amide bonds. The van der Waals surface area contributed by atoms with Gasteiger partial charge in [-0.3, -0.25) is 15.4 Å². The number of nitrogens with one attached hydrogen (secondary N) is 4. The van der Waals surface area contributed by atoms with Crippen LogP contribution in [-0.2, 0) is 0 Å². The molecule has 2 heterocycles. The minimum atomic E-state index is -0.742. The summed E-state index contributed by atoms with van der Waals surface area (Å²) in [7, 11) is 0. The van der Waals surface area contributed by atoms with Gasteiger partial charge in [0, 0.05) is 18.0 Å². The van der Waals surface area contributed by atoms with Crippen molar-refractivity contribution in [2.75, 3.05) is 10.6 Å². The van der Waals surface area contributed by atoms with E-state index < -0.39 is 17.8 Å². The fourth-order valence-electron chi connectivity index (χ4n) is 2.49. The molecule has 4 N–H and O–H groups in total. The maximum Gasteiger partial charge on any atom is 0.419 e. The number of halogens is 1. The number of rotatable bonds is 4. The van der Waals surface area contributed by atoms with E-state index in [0.717, 1.165) is 0 Å². The summed E-state index contributed by atoms with van der Waals surface area (Å²) in [4.78, 5) is 38.0. The summed E-state index contributed by atoms with van der Waals surface area (Å²) in [5, 5.41) is 5.02. The first kappa shape index (κ1) is 17.2. The second-order valence-corrected chi connectivity index (χ2v) is 5.65. The highest BCUT2D eigenvalue weighted by Crippen LogP contribution is 2.25. The number of benzene rings is 2. The zero-order chi connectivity index (χ0) is 19.5. The molecule has 140 valence electrons. The topological polar surface area (TPSA) is 125 Å². The molecule has 9 nitrogen and oxygen atoms in total. The average Bonchev–Trinajstić information content (AvgIpc) is 3.32. The number of hydrogen-bond donors (Lipinski definition) is 4. The summed E-state index contributed by atoms with van der Waals surface area (Å²) in [6.07, 6.45) is 2.30. The number of ether oxygens (including phenoxy) is 1. The Hall–Kier alpha value is -4.21. The van der Waals surface area contributed by atoms with Gasteiger partial charge in [0.2, 0.25) is 11.9 Å². The van der Waals surface area contributed by atoms with Crippen LogP contribution in [0, 0.1) is 5.82 Å². The van der Waals surface area contributed by atoms with Crippen molar-refractivity contribution in [3.63, 3.8) is 0 Å². The maximum atomic E-state index is 13.0. The summed E-state index contributed by atoms with van der Waals surface area (Å²) in [5.41, 5.74) is 1.18. The molecule has 0 spiro atoms. The number of H-pyrrole nitrogens is 2. The van der Waals surface area contributed by atoms with Gasteiger partial charge in [0.25, 0.3) is 5.91 Å². The average molecular weight is 380 g/mol. The number of amides is 2. The lowest BCUT2D eigenvalue weighted by Crippen LogP contribution is -2.17. The molecule has 10 heteroatoms. The number of anilines is 2. The molecule has 0 aliphatic rings. The third kappa shape index (κ3) is 3.65. The lowest BCUT2D eigenvalue weighted by Gasteiger charge is -2.05. The highest BCUT2D eigenvalue weighted by Gasteiger charge is 2.14. The Morgan fingerprint density at radius 1 is 1.04 bits per heavy atom. The summed E-state index contributed by atoms with van der Waals surface area (Å²) >= 11 is 0. The Kier molecular flexibility index (Phi) is 4.42. The monoisotopic (exact) mass is 380 g/mol. The maximum absolute atomic E-state index is 13.0. The SMILES string of the molecule is O=C(Nc1ncc[nH]1)Oc1cccc2nc(NC(=O)c3ccc(F)cc3)[nH]c12. The van der Waals surface area contributed by atoms with Gasteiger partial charge in [-0.2, -0.15) is 0 Å². The first-order valence-electron chi connectivity index (χ1n) is 8.12. The first-order chi connectivity index (χ1) is 13.6. The number of carbonyl (C=O) groups is 2. The van der Waals surface area contributed by atoms with E-state index in [1.807, 2.05) is 0 Å². The smallest absolute Gasteiger partial charge is 0.408 e. The number of imidazole rings is 2. The number of aromatic amines is 2. The minimum Gasteiger partial charge on any atom is -0.408 e. The molecule has 0 saturated carbocycles. The van der Waals surface area contributed by atoms with Gasteiger partial charge in [-0.05, 0) is 36.4 Å². The molecular weight excluding hydrogens is 367 g/mol. The number of para-hydroxylation sites is 1. The van der Waals surface area contributed by atoms with Gasteiger partial charge in [-0.1, -0.05) is 6.07 Å². The zero-order valence-corrected chi connectivity index (χ0v) is 14.2. The predicted octanol–water partition coefficient (Wildman–Crippen LogP) is 3.29. The van der Waals surface area contributed by atoms with Crippen LogP contribution in [-0.4, -0.2) is 31.9 Å². The molecule has 4 rings (SSSR count). The van der Waals surface area contributed by atoms with Crippen molar-refractivity contribution in [3.8, 4) is 5.75 Å². The Labute approximate surface area is 157 Å². The lowest BCUT2D eigenvalue weighted by molar-refractivity contribution is 0.102. The largest absolute Gasteiger partial charge is 0.419 e. The molecule has 0 aliphatic heterocycles. The van der Waals surface area contributed by atoms with Crippen LogP contribution in [0.3, 0.4) is 0 Å².